The molecule has 18 heavy (non-hydrogen) atoms. The van der Waals surface area contributed by atoms with Crippen LogP contribution in [-0.2, 0) is 4.79 Å². The molecule has 5 nitrogen and oxygen atoms in total. The van der Waals surface area contributed by atoms with Gasteiger partial charge in [0.15, 0.2) is 5.13 Å². The molecular weight excluding hydrogens is 248 g/mol. The lowest BCUT2D eigenvalue weighted by Gasteiger charge is -2.20. The molecule has 1 rings (SSSR count). The average molecular weight is 270 g/mol. The van der Waals surface area contributed by atoms with Crippen molar-refractivity contribution in [2.75, 3.05) is 25.5 Å². The van der Waals surface area contributed by atoms with Gasteiger partial charge in [0.05, 0.1) is 6.54 Å². The van der Waals surface area contributed by atoms with Crippen molar-refractivity contribution in [3.63, 3.8) is 0 Å². The minimum Gasteiger partial charge on any atom is -0.327 e. The van der Waals surface area contributed by atoms with Gasteiger partial charge in [-0.25, -0.2) is 4.98 Å². The zero-order valence-electron chi connectivity index (χ0n) is 11.2. The first-order chi connectivity index (χ1) is 8.49. The van der Waals surface area contributed by atoms with Gasteiger partial charge in [-0.2, -0.15) is 0 Å². The number of nitrogens with zero attached hydrogens (tertiary/aromatic N) is 2. The SMILES string of the molecule is CC(C)C(N)CCN(C)CC(=O)Nc1nccs1. The highest BCUT2D eigenvalue weighted by molar-refractivity contribution is 7.13. The molecule has 3 N–H and O–H groups in total. The molecule has 6 heteroatoms. The smallest absolute Gasteiger partial charge is 0.240 e. The molecule has 1 aromatic rings. The molecular formula is C12H22N4OS. The lowest BCUT2D eigenvalue weighted by atomic mass is 10.0. The molecule has 1 heterocycles. The van der Waals surface area contributed by atoms with E-state index in [9.17, 15) is 4.79 Å². The van der Waals surface area contributed by atoms with Crippen molar-refractivity contribution in [1.82, 2.24) is 9.88 Å². The van der Waals surface area contributed by atoms with Gasteiger partial charge in [0.2, 0.25) is 5.91 Å². The highest BCUT2D eigenvalue weighted by Crippen LogP contribution is 2.10. The third kappa shape index (κ3) is 5.57. The summed E-state index contributed by atoms with van der Waals surface area (Å²) >= 11 is 1.42. The van der Waals surface area contributed by atoms with Crippen molar-refractivity contribution >= 4 is 22.4 Å². The second-order valence-corrected chi connectivity index (χ2v) is 5.71. The Bertz CT molecular complexity index is 353. The molecule has 1 atom stereocenters. The monoisotopic (exact) mass is 270 g/mol. The molecule has 0 bridgehead atoms. The zero-order valence-corrected chi connectivity index (χ0v) is 12.0. The van der Waals surface area contributed by atoms with Crippen molar-refractivity contribution in [2.45, 2.75) is 26.3 Å². The number of anilines is 1. The Labute approximate surface area is 112 Å². The van der Waals surface area contributed by atoms with Gasteiger partial charge in [-0.3, -0.25) is 9.69 Å². The van der Waals surface area contributed by atoms with Gasteiger partial charge < -0.3 is 11.1 Å². The van der Waals surface area contributed by atoms with E-state index in [4.69, 9.17) is 5.73 Å². The van der Waals surface area contributed by atoms with Gasteiger partial charge in [-0.1, -0.05) is 13.8 Å². The molecule has 0 fully saturated rings. The number of aromatic nitrogens is 1. The summed E-state index contributed by atoms with van der Waals surface area (Å²) in [6.07, 6.45) is 2.57. The predicted octanol–water partition coefficient (Wildman–Crippen LogP) is 1.39. The summed E-state index contributed by atoms with van der Waals surface area (Å²) in [5, 5.41) is 5.24. The van der Waals surface area contributed by atoms with Crippen LogP contribution in [0.3, 0.4) is 0 Å². The zero-order chi connectivity index (χ0) is 13.5. The van der Waals surface area contributed by atoms with E-state index in [-0.39, 0.29) is 11.9 Å². The summed E-state index contributed by atoms with van der Waals surface area (Å²) in [5.74, 6) is 0.438. The minimum atomic E-state index is -0.0365. The van der Waals surface area contributed by atoms with E-state index in [1.165, 1.54) is 11.3 Å². The van der Waals surface area contributed by atoms with Gasteiger partial charge in [0.1, 0.15) is 0 Å². The number of nitrogens with two attached hydrogens (primary N) is 1. The van der Waals surface area contributed by atoms with Crippen molar-refractivity contribution in [1.29, 1.82) is 0 Å². The normalized spacial score (nSPS) is 13.0. The predicted molar refractivity (Wildman–Crippen MR) is 75.7 cm³/mol. The number of carbonyl (C=O) groups excluding carboxylic acids is 1. The molecule has 0 saturated heterocycles. The molecule has 0 aliphatic carbocycles. The van der Waals surface area contributed by atoms with Crippen molar-refractivity contribution in [3.05, 3.63) is 11.6 Å². The van der Waals surface area contributed by atoms with Crippen LogP contribution < -0.4 is 11.1 Å². The van der Waals surface area contributed by atoms with Gasteiger partial charge in [0, 0.05) is 17.6 Å². The topological polar surface area (TPSA) is 71.2 Å². The van der Waals surface area contributed by atoms with Crippen LogP contribution in [0.1, 0.15) is 20.3 Å². The molecule has 1 unspecified atom stereocenters. The second-order valence-electron chi connectivity index (χ2n) is 4.82. The summed E-state index contributed by atoms with van der Waals surface area (Å²) in [5.41, 5.74) is 5.97. The van der Waals surface area contributed by atoms with Gasteiger partial charge in [-0.15, -0.1) is 11.3 Å². The number of hydrogen-bond acceptors (Lipinski definition) is 5. The summed E-state index contributed by atoms with van der Waals surface area (Å²) in [7, 11) is 1.93. The number of amides is 1. The van der Waals surface area contributed by atoms with Crippen LogP contribution in [0, 0.1) is 5.92 Å². The summed E-state index contributed by atoms with van der Waals surface area (Å²) < 4.78 is 0. The van der Waals surface area contributed by atoms with Crippen LogP contribution in [0.25, 0.3) is 0 Å². The van der Waals surface area contributed by atoms with Crippen LogP contribution in [0.4, 0.5) is 5.13 Å². The Hall–Kier alpha value is -0.980. The molecule has 0 radical (unpaired) electrons. The maximum Gasteiger partial charge on any atom is 0.240 e. The molecule has 0 aromatic carbocycles. The van der Waals surface area contributed by atoms with Gasteiger partial charge >= 0.3 is 0 Å². The maximum absolute atomic E-state index is 11.7. The number of nitrogens with one attached hydrogen (secondary N) is 1. The number of carbonyl (C=O) groups is 1. The van der Waals surface area contributed by atoms with Crippen LogP contribution >= 0.6 is 11.3 Å². The summed E-state index contributed by atoms with van der Waals surface area (Å²) in [6, 6.07) is 0.189. The summed E-state index contributed by atoms with van der Waals surface area (Å²) in [4.78, 5) is 17.7. The van der Waals surface area contributed by atoms with Crippen LogP contribution in [-0.4, -0.2) is 42.0 Å². The van der Waals surface area contributed by atoms with E-state index in [2.05, 4.69) is 24.1 Å². The van der Waals surface area contributed by atoms with Crippen molar-refractivity contribution in [2.24, 2.45) is 11.7 Å². The van der Waals surface area contributed by atoms with Crippen molar-refractivity contribution < 1.29 is 4.79 Å². The number of hydrogen-bond donors (Lipinski definition) is 2. The Kier molecular flexibility index (Phi) is 6.24. The summed E-state index contributed by atoms with van der Waals surface area (Å²) in [6.45, 7) is 5.41. The number of rotatable bonds is 7. The Morgan fingerprint density at radius 3 is 2.89 bits per heavy atom. The molecule has 1 aromatic heterocycles. The number of thiazole rings is 1. The molecule has 0 spiro atoms. The second kappa shape index (κ2) is 7.45. The average Bonchev–Trinajstić information content (AvgIpc) is 2.78. The van der Waals surface area contributed by atoms with E-state index in [1.54, 1.807) is 6.20 Å². The lowest BCUT2D eigenvalue weighted by molar-refractivity contribution is -0.117. The molecule has 0 aliphatic rings. The van der Waals surface area contributed by atoms with E-state index in [0.717, 1.165) is 13.0 Å². The molecule has 0 aliphatic heterocycles. The Morgan fingerprint density at radius 1 is 1.61 bits per heavy atom. The first-order valence-corrected chi connectivity index (χ1v) is 7.00. The van der Waals surface area contributed by atoms with Crippen molar-refractivity contribution in [3.8, 4) is 0 Å². The van der Waals surface area contributed by atoms with E-state index >= 15 is 0 Å². The fraction of sp³-hybridized carbons (Fsp3) is 0.667. The first-order valence-electron chi connectivity index (χ1n) is 6.12. The largest absolute Gasteiger partial charge is 0.327 e. The standard InChI is InChI=1S/C12H22N4OS/c1-9(2)10(13)4-6-16(3)8-11(17)15-12-14-5-7-18-12/h5,7,9-10H,4,6,8,13H2,1-3H3,(H,14,15,17). The third-order valence-electron chi connectivity index (χ3n) is 2.79. The molecule has 1 amide bonds. The van der Waals surface area contributed by atoms with Crippen LogP contribution in [0.15, 0.2) is 11.6 Å². The highest BCUT2D eigenvalue weighted by atomic mass is 32.1. The van der Waals surface area contributed by atoms with E-state index in [1.807, 2.05) is 17.3 Å². The lowest BCUT2D eigenvalue weighted by Crippen LogP contribution is -2.35. The third-order valence-corrected chi connectivity index (χ3v) is 3.48. The highest BCUT2D eigenvalue weighted by Gasteiger charge is 2.11. The van der Waals surface area contributed by atoms with E-state index in [0.29, 0.717) is 17.6 Å². The molecule has 0 saturated carbocycles. The number of likely N-dealkylation sites (N-methyl/N-ethyl adjacent to an activating group) is 1. The van der Waals surface area contributed by atoms with Gasteiger partial charge in [0.25, 0.3) is 0 Å². The Morgan fingerprint density at radius 2 is 2.33 bits per heavy atom. The fourth-order valence-corrected chi connectivity index (χ4v) is 2.02. The van der Waals surface area contributed by atoms with E-state index < -0.39 is 0 Å². The van der Waals surface area contributed by atoms with Gasteiger partial charge in [-0.05, 0) is 25.9 Å². The minimum absolute atomic E-state index is 0.0365. The molecule has 102 valence electrons. The van der Waals surface area contributed by atoms with Crippen LogP contribution in [0.2, 0.25) is 0 Å². The first kappa shape index (κ1) is 15.1. The fourth-order valence-electron chi connectivity index (χ4n) is 1.47. The Balaban J connectivity index is 2.23. The van der Waals surface area contributed by atoms with Crippen LogP contribution in [0.5, 0.6) is 0 Å². The maximum atomic E-state index is 11.7. The quantitative estimate of drug-likeness (QED) is 0.785.